The fraction of sp³-hybridized carbons (Fsp3) is 0.227. The minimum atomic E-state index is -3.54. The summed E-state index contributed by atoms with van der Waals surface area (Å²) in [5, 5.41) is 5.99. The Morgan fingerprint density at radius 1 is 0.967 bits per heavy atom. The average molecular weight is 420 g/mol. The third-order valence-corrected chi connectivity index (χ3v) is 7.42. The van der Waals surface area contributed by atoms with Gasteiger partial charge >= 0.3 is 0 Å². The summed E-state index contributed by atoms with van der Waals surface area (Å²) in [6.07, 6.45) is 4.66. The molecule has 0 unspecified atom stereocenters. The number of fused-ring (bicyclic) bond motifs is 1. The summed E-state index contributed by atoms with van der Waals surface area (Å²) >= 11 is 0. The van der Waals surface area contributed by atoms with Crippen LogP contribution in [-0.2, 0) is 10.0 Å². The lowest BCUT2D eigenvalue weighted by Crippen LogP contribution is -2.37. The molecule has 30 heavy (non-hydrogen) atoms. The first-order valence-corrected chi connectivity index (χ1v) is 11.3. The lowest BCUT2D eigenvalue weighted by Gasteiger charge is -2.29. The van der Waals surface area contributed by atoms with Crippen LogP contribution < -0.4 is 0 Å². The molecule has 0 bridgehead atoms. The van der Waals surface area contributed by atoms with E-state index in [9.17, 15) is 8.42 Å². The molecule has 1 aliphatic heterocycles. The van der Waals surface area contributed by atoms with Crippen molar-refractivity contribution in [2.24, 2.45) is 0 Å². The van der Waals surface area contributed by atoms with E-state index in [1.165, 1.54) is 0 Å². The molecule has 2 aromatic heterocycles. The molecule has 152 valence electrons. The van der Waals surface area contributed by atoms with Crippen LogP contribution in [0.1, 0.15) is 24.7 Å². The molecule has 0 aliphatic carbocycles. The molecule has 0 saturated carbocycles. The van der Waals surface area contributed by atoms with Gasteiger partial charge in [-0.05, 0) is 47.9 Å². The second-order valence-electron chi connectivity index (χ2n) is 7.39. The zero-order valence-electron chi connectivity index (χ0n) is 16.2. The van der Waals surface area contributed by atoms with Gasteiger partial charge in [0.2, 0.25) is 21.7 Å². The van der Waals surface area contributed by atoms with Gasteiger partial charge in [0, 0.05) is 37.0 Å². The minimum absolute atomic E-state index is 0.0472. The second-order valence-corrected chi connectivity index (χ2v) is 9.32. The fourth-order valence-corrected chi connectivity index (χ4v) is 5.34. The Morgan fingerprint density at radius 3 is 2.53 bits per heavy atom. The van der Waals surface area contributed by atoms with Gasteiger partial charge in [-0.15, -0.1) is 0 Å². The number of piperidine rings is 1. The molecular formula is C22H20N4O3S. The van der Waals surface area contributed by atoms with Crippen molar-refractivity contribution in [3.05, 3.63) is 72.9 Å². The molecule has 2 aromatic carbocycles. The molecule has 1 saturated heterocycles. The Bertz CT molecular complexity index is 1280. The van der Waals surface area contributed by atoms with Gasteiger partial charge in [0.15, 0.2) is 0 Å². The third kappa shape index (κ3) is 3.48. The Labute approximate surface area is 174 Å². The normalized spacial score (nSPS) is 16.1. The maximum atomic E-state index is 13.1. The molecule has 4 aromatic rings. The number of sulfonamides is 1. The molecule has 1 aliphatic rings. The molecule has 0 radical (unpaired) electrons. The van der Waals surface area contributed by atoms with Crippen LogP contribution in [0.2, 0.25) is 0 Å². The van der Waals surface area contributed by atoms with Gasteiger partial charge in [-0.1, -0.05) is 35.5 Å². The molecule has 5 rings (SSSR count). The van der Waals surface area contributed by atoms with Gasteiger partial charge in [-0.2, -0.15) is 9.29 Å². The quantitative estimate of drug-likeness (QED) is 0.498. The van der Waals surface area contributed by atoms with E-state index in [-0.39, 0.29) is 5.92 Å². The van der Waals surface area contributed by atoms with Gasteiger partial charge < -0.3 is 4.52 Å². The van der Waals surface area contributed by atoms with E-state index in [1.807, 2.05) is 42.5 Å². The van der Waals surface area contributed by atoms with Gasteiger partial charge in [-0.25, -0.2) is 8.42 Å². The van der Waals surface area contributed by atoms with E-state index in [4.69, 9.17) is 4.52 Å². The van der Waals surface area contributed by atoms with Crippen molar-refractivity contribution in [2.45, 2.75) is 23.7 Å². The summed E-state index contributed by atoms with van der Waals surface area (Å²) in [6, 6.07) is 16.7. The van der Waals surface area contributed by atoms with E-state index in [2.05, 4.69) is 15.1 Å². The van der Waals surface area contributed by atoms with Crippen molar-refractivity contribution in [3.63, 3.8) is 0 Å². The van der Waals surface area contributed by atoms with Crippen LogP contribution in [0, 0.1) is 0 Å². The molecule has 0 spiro atoms. The van der Waals surface area contributed by atoms with Crippen LogP contribution in [0.25, 0.3) is 22.2 Å². The predicted molar refractivity (Wildman–Crippen MR) is 112 cm³/mol. The summed E-state index contributed by atoms with van der Waals surface area (Å²) in [5.74, 6) is 1.10. The number of hydrogen-bond acceptors (Lipinski definition) is 6. The summed E-state index contributed by atoms with van der Waals surface area (Å²) in [4.78, 5) is 8.90. The standard InChI is InChI=1S/C22H20N4O3S/c27-30(28,20-8-7-16-4-1-2-5-18(16)14-20)26-12-9-17(10-13-26)22-24-21(25-29-22)19-6-3-11-23-15-19/h1-8,11,14-15,17H,9-10,12-13H2. The van der Waals surface area contributed by atoms with Crippen LogP contribution in [0.4, 0.5) is 0 Å². The predicted octanol–water partition coefficient (Wildman–Crippen LogP) is 3.85. The van der Waals surface area contributed by atoms with E-state index < -0.39 is 10.0 Å². The fourth-order valence-electron chi connectivity index (χ4n) is 3.83. The smallest absolute Gasteiger partial charge is 0.243 e. The minimum Gasteiger partial charge on any atom is -0.339 e. The highest BCUT2D eigenvalue weighted by molar-refractivity contribution is 7.89. The van der Waals surface area contributed by atoms with E-state index in [0.29, 0.717) is 42.5 Å². The summed E-state index contributed by atoms with van der Waals surface area (Å²) < 4.78 is 33.3. The Morgan fingerprint density at radius 2 is 1.77 bits per heavy atom. The highest BCUT2D eigenvalue weighted by Gasteiger charge is 2.32. The van der Waals surface area contributed by atoms with Crippen LogP contribution in [-0.4, -0.2) is 40.9 Å². The van der Waals surface area contributed by atoms with Crippen molar-refractivity contribution in [1.82, 2.24) is 19.4 Å². The second kappa shape index (κ2) is 7.62. The van der Waals surface area contributed by atoms with Crippen molar-refractivity contribution in [2.75, 3.05) is 13.1 Å². The van der Waals surface area contributed by atoms with Crippen LogP contribution in [0.15, 0.2) is 76.4 Å². The lowest BCUT2D eigenvalue weighted by molar-refractivity contribution is 0.271. The Kier molecular flexibility index (Phi) is 4.80. The van der Waals surface area contributed by atoms with Gasteiger partial charge in [0.05, 0.1) is 4.90 Å². The van der Waals surface area contributed by atoms with Crippen molar-refractivity contribution in [3.8, 4) is 11.4 Å². The highest BCUT2D eigenvalue weighted by atomic mass is 32.2. The zero-order valence-corrected chi connectivity index (χ0v) is 17.0. The first kappa shape index (κ1) is 18.9. The number of nitrogens with zero attached hydrogens (tertiary/aromatic N) is 4. The molecule has 0 atom stereocenters. The average Bonchev–Trinajstić information content (AvgIpc) is 3.30. The van der Waals surface area contributed by atoms with Crippen LogP contribution in [0.5, 0.6) is 0 Å². The van der Waals surface area contributed by atoms with Gasteiger partial charge in [0.25, 0.3) is 0 Å². The highest BCUT2D eigenvalue weighted by Crippen LogP contribution is 2.31. The number of benzene rings is 2. The number of pyridine rings is 1. The lowest BCUT2D eigenvalue weighted by atomic mass is 9.98. The zero-order chi connectivity index (χ0) is 20.6. The molecule has 7 nitrogen and oxygen atoms in total. The van der Waals surface area contributed by atoms with Gasteiger partial charge in [0.1, 0.15) is 0 Å². The van der Waals surface area contributed by atoms with Crippen LogP contribution in [0.3, 0.4) is 0 Å². The maximum Gasteiger partial charge on any atom is 0.243 e. The molecule has 0 amide bonds. The molecule has 0 N–H and O–H groups in total. The van der Waals surface area contributed by atoms with Gasteiger partial charge in [-0.3, -0.25) is 4.98 Å². The number of hydrogen-bond donors (Lipinski definition) is 0. The maximum absolute atomic E-state index is 13.1. The SMILES string of the molecule is O=S(=O)(c1ccc2ccccc2c1)N1CCC(c2nc(-c3cccnc3)no2)CC1. The topological polar surface area (TPSA) is 89.2 Å². The first-order valence-electron chi connectivity index (χ1n) is 9.84. The summed E-state index contributed by atoms with van der Waals surface area (Å²) in [6.45, 7) is 0.842. The number of aromatic nitrogens is 3. The molecule has 8 heteroatoms. The molecule has 3 heterocycles. The number of rotatable bonds is 4. The monoisotopic (exact) mass is 420 g/mol. The molecular weight excluding hydrogens is 400 g/mol. The summed E-state index contributed by atoms with van der Waals surface area (Å²) in [5.41, 5.74) is 0.795. The Hall–Kier alpha value is -3.10. The van der Waals surface area contributed by atoms with E-state index in [1.54, 1.807) is 28.8 Å². The summed E-state index contributed by atoms with van der Waals surface area (Å²) in [7, 11) is -3.54. The van der Waals surface area contributed by atoms with Crippen LogP contribution >= 0.6 is 0 Å². The Balaban J connectivity index is 1.31. The van der Waals surface area contributed by atoms with E-state index >= 15 is 0 Å². The molecule has 1 fully saturated rings. The largest absolute Gasteiger partial charge is 0.339 e. The van der Waals surface area contributed by atoms with Crippen molar-refractivity contribution >= 4 is 20.8 Å². The van der Waals surface area contributed by atoms with Crippen molar-refractivity contribution in [1.29, 1.82) is 0 Å². The van der Waals surface area contributed by atoms with Crippen molar-refractivity contribution < 1.29 is 12.9 Å². The van der Waals surface area contributed by atoms with E-state index in [0.717, 1.165) is 16.3 Å². The first-order chi connectivity index (χ1) is 14.6. The third-order valence-electron chi connectivity index (χ3n) is 5.52.